The summed E-state index contributed by atoms with van der Waals surface area (Å²) >= 11 is 0. The van der Waals surface area contributed by atoms with E-state index in [1.54, 1.807) is 38.5 Å². The average molecular weight is 286 g/mol. The van der Waals surface area contributed by atoms with Gasteiger partial charge in [-0.1, -0.05) is 0 Å². The summed E-state index contributed by atoms with van der Waals surface area (Å²) in [6, 6.07) is 5.94. The van der Waals surface area contributed by atoms with Crippen LogP contribution in [-0.2, 0) is 0 Å². The molecule has 0 saturated carbocycles. The molecular weight excluding hydrogens is 272 g/mol. The average Bonchev–Trinajstić information content (AvgIpc) is 2.48. The number of benzene rings is 1. The molecule has 108 valence electrons. The van der Waals surface area contributed by atoms with E-state index < -0.39 is 10.8 Å². The summed E-state index contributed by atoms with van der Waals surface area (Å²) < 4.78 is 0. The fourth-order valence-corrected chi connectivity index (χ4v) is 1.84. The maximum absolute atomic E-state index is 12.3. The van der Waals surface area contributed by atoms with Gasteiger partial charge in [-0.15, -0.1) is 0 Å². The molecule has 21 heavy (non-hydrogen) atoms. The summed E-state index contributed by atoms with van der Waals surface area (Å²) in [6.45, 7) is 1.79. The number of aromatic nitrogens is 1. The molecule has 0 aliphatic heterocycles. The lowest BCUT2D eigenvalue weighted by Gasteiger charge is -2.09. The standard InChI is InChI=1S/C14H14N4O3/c1-9-8-16-6-5-12(9)17-14(19)11-7-10(15-2)3-4-13(11)18(20)21/h3-8,15H,1-2H3,(H,16,17,19). The Labute approximate surface area is 121 Å². The number of pyridine rings is 1. The molecule has 0 aliphatic carbocycles. The zero-order valence-corrected chi connectivity index (χ0v) is 11.6. The predicted octanol–water partition coefficient (Wildman–Crippen LogP) is 2.59. The maximum Gasteiger partial charge on any atom is 0.282 e. The van der Waals surface area contributed by atoms with Crippen molar-refractivity contribution in [3.05, 3.63) is 57.9 Å². The van der Waals surface area contributed by atoms with E-state index in [4.69, 9.17) is 0 Å². The minimum Gasteiger partial charge on any atom is -0.388 e. The zero-order chi connectivity index (χ0) is 15.4. The van der Waals surface area contributed by atoms with Gasteiger partial charge < -0.3 is 10.6 Å². The summed E-state index contributed by atoms with van der Waals surface area (Å²) in [4.78, 5) is 26.7. The smallest absolute Gasteiger partial charge is 0.282 e. The number of nitrogens with one attached hydrogen (secondary N) is 2. The van der Waals surface area contributed by atoms with E-state index in [-0.39, 0.29) is 11.3 Å². The van der Waals surface area contributed by atoms with Gasteiger partial charge in [-0.3, -0.25) is 19.9 Å². The molecule has 2 rings (SSSR count). The van der Waals surface area contributed by atoms with E-state index >= 15 is 0 Å². The number of carbonyl (C=O) groups is 1. The maximum atomic E-state index is 12.3. The van der Waals surface area contributed by atoms with E-state index in [1.807, 2.05) is 0 Å². The number of nitrogens with zero attached hydrogens (tertiary/aromatic N) is 2. The van der Waals surface area contributed by atoms with Crippen LogP contribution in [0.5, 0.6) is 0 Å². The van der Waals surface area contributed by atoms with E-state index in [0.717, 1.165) is 5.56 Å². The van der Waals surface area contributed by atoms with Crippen LogP contribution in [0.4, 0.5) is 17.1 Å². The molecule has 7 nitrogen and oxygen atoms in total. The molecule has 2 N–H and O–H groups in total. The third kappa shape index (κ3) is 3.14. The van der Waals surface area contributed by atoms with Crippen LogP contribution in [0.15, 0.2) is 36.7 Å². The van der Waals surface area contributed by atoms with Crippen LogP contribution < -0.4 is 10.6 Å². The van der Waals surface area contributed by atoms with Crippen LogP contribution in [0.1, 0.15) is 15.9 Å². The molecule has 0 aliphatic rings. The molecule has 0 fully saturated rings. The lowest BCUT2D eigenvalue weighted by molar-refractivity contribution is -0.385. The van der Waals surface area contributed by atoms with Crippen molar-refractivity contribution in [2.24, 2.45) is 0 Å². The molecule has 0 radical (unpaired) electrons. The van der Waals surface area contributed by atoms with Crippen molar-refractivity contribution in [3.8, 4) is 0 Å². The van der Waals surface area contributed by atoms with Gasteiger partial charge in [0.25, 0.3) is 11.6 Å². The van der Waals surface area contributed by atoms with Crippen molar-refractivity contribution in [2.75, 3.05) is 17.7 Å². The topological polar surface area (TPSA) is 97.2 Å². The summed E-state index contributed by atoms with van der Waals surface area (Å²) in [5.74, 6) is -0.534. The van der Waals surface area contributed by atoms with Crippen molar-refractivity contribution < 1.29 is 9.72 Å². The Hall–Kier alpha value is -2.96. The Balaban J connectivity index is 2.38. The van der Waals surface area contributed by atoms with E-state index in [9.17, 15) is 14.9 Å². The van der Waals surface area contributed by atoms with Gasteiger partial charge in [-0.2, -0.15) is 0 Å². The second-order valence-electron chi connectivity index (χ2n) is 4.38. The monoisotopic (exact) mass is 286 g/mol. The Bertz CT molecular complexity index is 700. The number of nitro groups is 1. The summed E-state index contributed by atoms with van der Waals surface area (Å²) in [6.07, 6.45) is 3.15. The summed E-state index contributed by atoms with van der Waals surface area (Å²) in [5, 5.41) is 16.6. The first kappa shape index (κ1) is 14.4. The van der Waals surface area contributed by atoms with Gasteiger partial charge in [0.05, 0.1) is 4.92 Å². The minimum atomic E-state index is -0.576. The van der Waals surface area contributed by atoms with Gasteiger partial charge in [-0.05, 0) is 30.7 Å². The third-order valence-corrected chi connectivity index (χ3v) is 3.00. The van der Waals surface area contributed by atoms with Gasteiger partial charge in [0, 0.05) is 36.9 Å². The number of amides is 1. The van der Waals surface area contributed by atoms with Crippen molar-refractivity contribution in [3.63, 3.8) is 0 Å². The molecule has 2 aromatic rings. The first-order valence-electron chi connectivity index (χ1n) is 6.21. The zero-order valence-electron chi connectivity index (χ0n) is 11.6. The number of anilines is 2. The highest BCUT2D eigenvalue weighted by atomic mass is 16.6. The quantitative estimate of drug-likeness (QED) is 0.665. The van der Waals surface area contributed by atoms with Gasteiger partial charge in [0.15, 0.2) is 0 Å². The number of carbonyl (C=O) groups excluding carboxylic acids is 1. The van der Waals surface area contributed by atoms with E-state index in [2.05, 4.69) is 15.6 Å². The molecule has 0 bridgehead atoms. The van der Waals surface area contributed by atoms with Crippen LogP contribution in [0.25, 0.3) is 0 Å². The van der Waals surface area contributed by atoms with E-state index in [0.29, 0.717) is 11.4 Å². The lowest BCUT2D eigenvalue weighted by atomic mass is 10.1. The van der Waals surface area contributed by atoms with Crippen molar-refractivity contribution in [1.29, 1.82) is 0 Å². The molecule has 1 heterocycles. The van der Waals surface area contributed by atoms with Crippen molar-refractivity contribution in [2.45, 2.75) is 6.92 Å². The van der Waals surface area contributed by atoms with Crippen molar-refractivity contribution >= 4 is 23.0 Å². The molecule has 0 saturated heterocycles. The Morgan fingerprint density at radius 3 is 2.71 bits per heavy atom. The van der Waals surface area contributed by atoms with Crippen LogP contribution in [-0.4, -0.2) is 22.9 Å². The lowest BCUT2D eigenvalue weighted by Crippen LogP contribution is -2.15. The summed E-state index contributed by atoms with van der Waals surface area (Å²) in [7, 11) is 1.68. The molecular formula is C14H14N4O3. The largest absolute Gasteiger partial charge is 0.388 e. The highest BCUT2D eigenvalue weighted by Crippen LogP contribution is 2.24. The molecule has 0 unspecified atom stereocenters. The van der Waals surface area contributed by atoms with Crippen LogP contribution in [0.3, 0.4) is 0 Å². The van der Waals surface area contributed by atoms with Gasteiger partial charge in [0.1, 0.15) is 5.56 Å². The predicted molar refractivity (Wildman–Crippen MR) is 79.6 cm³/mol. The number of aryl methyl sites for hydroxylation is 1. The Morgan fingerprint density at radius 2 is 2.10 bits per heavy atom. The van der Waals surface area contributed by atoms with Gasteiger partial charge >= 0.3 is 0 Å². The van der Waals surface area contributed by atoms with E-state index in [1.165, 1.54) is 12.1 Å². The van der Waals surface area contributed by atoms with Gasteiger partial charge in [0.2, 0.25) is 0 Å². The molecule has 7 heteroatoms. The summed E-state index contributed by atoms with van der Waals surface area (Å²) in [5.41, 5.74) is 1.73. The molecule has 1 aromatic heterocycles. The first-order chi connectivity index (χ1) is 10.0. The third-order valence-electron chi connectivity index (χ3n) is 3.00. The Morgan fingerprint density at radius 1 is 1.33 bits per heavy atom. The second-order valence-corrected chi connectivity index (χ2v) is 4.38. The number of rotatable bonds is 4. The highest BCUT2D eigenvalue weighted by Gasteiger charge is 2.21. The molecule has 1 aromatic carbocycles. The fourth-order valence-electron chi connectivity index (χ4n) is 1.84. The minimum absolute atomic E-state index is 0.00284. The van der Waals surface area contributed by atoms with Crippen LogP contribution >= 0.6 is 0 Å². The molecule has 1 amide bonds. The highest BCUT2D eigenvalue weighted by molar-refractivity contribution is 6.07. The van der Waals surface area contributed by atoms with Gasteiger partial charge in [-0.25, -0.2) is 0 Å². The van der Waals surface area contributed by atoms with Crippen LogP contribution in [0.2, 0.25) is 0 Å². The molecule has 0 spiro atoms. The first-order valence-corrected chi connectivity index (χ1v) is 6.21. The number of hydrogen-bond acceptors (Lipinski definition) is 5. The second kappa shape index (κ2) is 6.00. The van der Waals surface area contributed by atoms with Crippen LogP contribution in [0, 0.1) is 17.0 Å². The Kier molecular flexibility index (Phi) is 4.13. The fraction of sp³-hybridized carbons (Fsp3) is 0.143. The number of nitro benzene ring substituents is 1. The SMILES string of the molecule is CNc1ccc([N+](=O)[O-])c(C(=O)Nc2ccncc2C)c1. The van der Waals surface area contributed by atoms with Crippen molar-refractivity contribution in [1.82, 2.24) is 4.98 Å². The number of hydrogen-bond donors (Lipinski definition) is 2. The molecule has 0 atom stereocenters. The normalized spacial score (nSPS) is 10.0.